The fourth-order valence-electron chi connectivity index (χ4n) is 3.32. The van der Waals surface area contributed by atoms with Gasteiger partial charge < -0.3 is 5.32 Å². The molecule has 1 aromatic heterocycles. The SMILES string of the molecule is FC(F)(F)CN(Cc1nccs1)[C@@H]1CC12CCNCC2. The minimum Gasteiger partial charge on any atom is -0.317 e. The highest BCUT2D eigenvalue weighted by Crippen LogP contribution is 2.56. The first-order valence-electron chi connectivity index (χ1n) is 6.88. The van der Waals surface area contributed by atoms with Crippen molar-refractivity contribution in [3.05, 3.63) is 16.6 Å². The molecule has 1 aliphatic carbocycles. The number of hydrogen-bond acceptors (Lipinski definition) is 4. The van der Waals surface area contributed by atoms with Gasteiger partial charge in [-0.15, -0.1) is 11.3 Å². The van der Waals surface area contributed by atoms with E-state index in [0.29, 0.717) is 6.54 Å². The van der Waals surface area contributed by atoms with Crippen LogP contribution in [0.15, 0.2) is 11.6 Å². The Balaban J connectivity index is 1.69. The van der Waals surface area contributed by atoms with E-state index >= 15 is 0 Å². The molecule has 1 N–H and O–H groups in total. The van der Waals surface area contributed by atoms with Gasteiger partial charge in [-0.2, -0.15) is 13.2 Å². The number of nitrogens with zero attached hydrogens (tertiary/aromatic N) is 2. The van der Waals surface area contributed by atoms with Crippen molar-refractivity contribution in [2.45, 2.75) is 38.0 Å². The van der Waals surface area contributed by atoms with E-state index in [9.17, 15) is 13.2 Å². The quantitative estimate of drug-likeness (QED) is 0.927. The van der Waals surface area contributed by atoms with E-state index < -0.39 is 12.7 Å². The Morgan fingerprint density at radius 3 is 2.75 bits per heavy atom. The lowest BCUT2D eigenvalue weighted by Gasteiger charge is -2.29. The first-order chi connectivity index (χ1) is 9.49. The maximum atomic E-state index is 12.8. The molecule has 1 aliphatic heterocycles. The van der Waals surface area contributed by atoms with E-state index in [4.69, 9.17) is 0 Å². The Morgan fingerprint density at radius 1 is 1.40 bits per heavy atom. The largest absolute Gasteiger partial charge is 0.401 e. The van der Waals surface area contributed by atoms with Crippen molar-refractivity contribution in [2.75, 3.05) is 19.6 Å². The Bertz CT molecular complexity index is 440. The summed E-state index contributed by atoms with van der Waals surface area (Å²) in [6, 6.07) is 0.0649. The topological polar surface area (TPSA) is 28.2 Å². The molecule has 1 saturated carbocycles. The normalized spacial score (nSPS) is 25.3. The molecular weight excluding hydrogens is 287 g/mol. The van der Waals surface area contributed by atoms with Gasteiger partial charge in [0.05, 0.1) is 13.1 Å². The maximum absolute atomic E-state index is 12.8. The molecule has 0 unspecified atom stereocenters. The summed E-state index contributed by atoms with van der Waals surface area (Å²) < 4.78 is 38.4. The standard InChI is InChI=1S/C13H18F3N3S/c14-13(15,16)9-19(8-11-18-5-6-20-11)10-7-12(10)1-3-17-4-2-12/h5-6,10,17H,1-4,7-9H2/t10-/m1/s1. The van der Waals surface area contributed by atoms with Gasteiger partial charge in [0.2, 0.25) is 0 Å². The van der Waals surface area contributed by atoms with Gasteiger partial charge in [-0.3, -0.25) is 4.90 Å². The molecule has 3 nitrogen and oxygen atoms in total. The van der Waals surface area contributed by atoms with Crippen LogP contribution in [0.4, 0.5) is 13.2 Å². The van der Waals surface area contributed by atoms with Crippen LogP contribution in [0.3, 0.4) is 0 Å². The fourth-order valence-corrected chi connectivity index (χ4v) is 3.96. The summed E-state index contributed by atoms with van der Waals surface area (Å²) >= 11 is 1.43. The number of rotatable bonds is 4. The zero-order chi connectivity index (χ0) is 14.2. The molecule has 112 valence electrons. The molecule has 1 saturated heterocycles. The van der Waals surface area contributed by atoms with Crippen molar-refractivity contribution in [3.63, 3.8) is 0 Å². The molecular formula is C13H18F3N3S. The monoisotopic (exact) mass is 305 g/mol. The van der Waals surface area contributed by atoms with Crippen molar-refractivity contribution in [3.8, 4) is 0 Å². The highest BCUT2D eigenvalue weighted by molar-refractivity contribution is 7.09. The van der Waals surface area contributed by atoms with Crippen LogP contribution in [0.25, 0.3) is 0 Å². The summed E-state index contributed by atoms with van der Waals surface area (Å²) in [5.74, 6) is 0. The molecule has 7 heteroatoms. The van der Waals surface area contributed by atoms with E-state index in [-0.39, 0.29) is 11.5 Å². The Kier molecular flexibility index (Phi) is 3.77. The Labute approximate surface area is 120 Å². The van der Waals surface area contributed by atoms with Crippen molar-refractivity contribution < 1.29 is 13.2 Å². The zero-order valence-corrected chi connectivity index (χ0v) is 11.9. The highest BCUT2D eigenvalue weighted by Gasteiger charge is 2.57. The van der Waals surface area contributed by atoms with E-state index in [1.54, 1.807) is 11.1 Å². The Morgan fingerprint density at radius 2 is 2.15 bits per heavy atom. The van der Waals surface area contributed by atoms with Crippen molar-refractivity contribution in [2.24, 2.45) is 5.41 Å². The molecule has 2 heterocycles. The molecule has 3 rings (SSSR count). The van der Waals surface area contributed by atoms with Crippen LogP contribution in [0.2, 0.25) is 0 Å². The minimum absolute atomic E-state index is 0.0649. The molecule has 0 bridgehead atoms. The lowest BCUT2D eigenvalue weighted by atomic mass is 9.93. The van der Waals surface area contributed by atoms with Gasteiger partial charge in [0.25, 0.3) is 0 Å². The first-order valence-corrected chi connectivity index (χ1v) is 7.76. The van der Waals surface area contributed by atoms with Crippen LogP contribution in [0.5, 0.6) is 0 Å². The van der Waals surface area contributed by atoms with Gasteiger partial charge in [0.15, 0.2) is 0 Å². The van der Waals surface area contributed by atoms with Crippen molar-refractivity contribution in [1.82, 2.24) is 15.2 Å². The first kappa shape index (κ1) is 14.3. The molecule has 1 spiro atoms. The van der Waals surface area contributed by atoms with Gasteiger partial charge in [-0.1, -0.05) is 0 Å². The van der Waals surface area contributed by atoms with Crippen LogP contribution >= 0.6 is 11.3 Å². The zero-order valence-electron chi connectivity index (χ0n) is 11.1. The van der Waals surface area contributed by atoms with Gasteiger partial charge in [-0.25, -0.2) is 4.98 Å². The number of nitrogens with one attached hydrogen (secondary N) is 1. The summed E-state index contributed by atoms with van der Waals surface area (Å²) in [6.07, 6.45) is 0.386. The van der Waals surface area contributed by atoms with E-state index in [1.807, 2.05) is 5.38 Å². The number of hydrogen-bond donors (Lipinski definition) is 1. The molecule has 0 radical (unpaired) electrons. The third kappa shape index (κ3) is 3.15. The molecule has 2 fully saturated rings. The Hall–Kier alpha value is -0.660. The summed E-state index contributed by atoms with van der Waals surface area (Å²) in [5, 5.41) is 5.87. The number of thiazole rings is 1. The average molecular weight is 305 g/mol. The lowest BCUT2D eigenvalue weighted by Crippen LogP contribution is -2.40. The smallest absolute Gasteiger partial charge is 0.317 e. The number of aromatic nitrogens is 1. The molecule has 1 atom stereocenters. The van der Waals surface area contributed by atoms with Gasteiger partial charge in [0.1, 0.15) is 5.01 Å². The van der Waals surface area contributed by atoms with Crippen LogP contribution in [0.1, 0.15) is 24.3 Å². The second-order valence-electron chi connectivity index (χ2n) is 5.78. The van der Waals surface area contributed by atoms with Crippen molar-refractivity contribution >= 4 is 11.3 Å². The number of alkyl halides is 3. The third-order valence-electron chi connectivity index (χ3n) is 4.39. The van der Waals surface area contributed by atoms with Gasteiger partial charge in [0, 0.05) is 17.6 Å². The predicted octanol–water partition coefficient (Wildman–Crippen LogP) is 2.65. The molecule has 0 amide bonds. The lowest BCUT2D eigenvalue weighted by molar-refractivity contribution is -0.149. The molecule has 1 aromatic rings. The average Bonchev–Trinajstić information content (AvgIpc) is 2.83. The second kappa shape index (κ2) is 5.27. The maximum Gasteiger partial charge on any atom is 0.401 e. The number of piperidine rings is 1. The minimum atomic E-state index is -4.14. The number of halogens is 3. The van der Waals surface area contributed by atoms with E-state index in [0.717, 1.165) is 37.4 Å². The van der Waals surface area contributed by atoms with Gasteiger partial charge >= 0.3 is 6.18 Å². The molecule has 20 heavy (non-hydrogen) atoms. The summed E-state index contributed by atoms with van der Waals surface area (Å²) in [6.45, 7) is 1.34. The summed E-state index contributed by atoms with van der Waals surface area (Å²) in [7, 11) is 0. The highest BCUT2D eigenvalue weighted by atomic mass is 32.1. The fraction of sp³-hybridized carbons (Fsp3) is 0.769. The summed E-state index contributed by atoms with van der Waals surface area (Å²) in [5.41, 5.74) is 0.119. The van der Waals surface area contributed by atoms with Crippen LogP contribution in [-0.4, -0.2) is 41.7 Å². The molecule has 2 aliphatic rings. The third-order valence-corrected chi connectivity index (χ3v) is 5.16. The second-order valence-corrected chi connectivity index (χ2v) is 6.76. The van der Waals surface area contributed by atoms with Crippen LogP contribution < -0.4 is 5.32 Å². The van der Waals surface area contributed by atoms with E-state index in [2.05, 4.69) is 10.3 Å². The van der Waals surface area contributed by atoms with Gasteiger partial charge in [-0.05, 0) is 37.8 Å². The molecule has 0 aromatic carbocycles. The van der Waals surface area contributed by atoms with E-state index in [1.165, 1.54) is 11.3 Å². The predicted molar refractivity (Wildman–Crippen MR) is 71.5 cm³/mol. The van der Waals surface area contributed by atoms with Crippen LogP contribution in [0, 0.1) is 5.41 Å². The summed E-state index contributed by atoms with van der Waals surface area (Å²) in [4.78, 5) is 5.71. The van der Waals surface area contributed by atoms with Crippen molar-refractivity contribution in [1.29, 1.82) is 0 Å². The van der Waals surface area contributed by atoms with Crippen LogP contribution in [-0.2, 0) is 6.54 Å².